The summed E-state index contributed by atoms with van der Waals surface area (Å²) in [6.07, 6.45) is 3.62. The molecule has 0 saturated carbocycles. The van der Waals surface area contributed by atoms with Crippen molar-refractivity contribution in [3.63, 3.8) is 0 Å². The van der Waals surface area contributed by atoms with Gasteiger partial charge in [-0.15, -0.1) is 0 Å². The van der Waals surface area contributed by atoms with Crippen LogP contribution in [-0.4, -0.2) is 16.1 Å². The third-order valence-electron chi connectivity index (χ3n) is 2.26. The summed E-state index contributed by atoms with van der Waals surface area (Å²) in [6.45, 7) is 4.23. The number of aromatic carboxylic acids is 1. The molecule has 1 unspecified atom stereocenters. The molecule has 76 valence electrons. The van der Waals surface area contributed by atoms with Gasteiger partial charge in [-0.05, 0) is 24.5 Å². The van der Waals surface area contributed by atoms with E-state index in [4.69, 9.17) is 5.11 Å². The minimum atomic E-state index is -0.924. The lowest BCUT2D eigenvalue weighted by Gasteiger charge is -2.08. The van der Waals surface area contributed by atoms with Crippen molar-refractivity contribution in [2.24, 2.45) is 0 Å². The van der Waals surface area contributed by atoms with Crippen LogP contribution < -0.4 is 0 Å². The maximum Gasteiger partial charge on any atom is 0.337 e. The summed E-state index contributed by atoms with van der Waals surface area (Å²) < 4.78 is 0. The van der Waals surface area contributed by atoms with Crippen molar-refractivity contribution in [3.8, 4) is 0 Å². The Bertz CT molecular complexity index is 306. The van der Waals surface area contributed by atoms with E-state index < -0.39 is 5.97 Å². The topological polar surface area (TPSA) is 50.2 Å². The molecule has 3 heteroatoms. The molecule has 1 aromatic rings. The molecule has 0 aliphatic carbocycles. The SMILES string of the molecule is CCCC(C)c1ccc(C(=O)O)cn1. The van der Waals surface area contributed by atoms with Crippen molar-refractivity contribution in [1.29, 1.82) is 0 Å². The van der Waals surface area contributed by atoms with Gasteiger partial charge in [0.1, 0.15) is 0 Å². The highest BCUT2D eigenvalue weighted by molar-refractivity contribution is 5.87. The first-order valence-corrected chi connectivity index (χ1v) is 4.84. The van der Waals surface area contributed by atoms with Crippen LogP contribution in [0.3, 0.4) is 0 Å². The predicted molar refractivity (Wildman–Crippen MR) is 54.5 cm³/mol. The third kappa shape index (κ3) is 2.55. The smallest absolute Gasteiger partial charge is 0.337 e. The van der Waals surface area contributed by atoms with Crippen LogP contribution in [0.4, 0.5) is 0 Å². The monoisotopic (exact) mass is 193 g/mol. The first kappa shape index (κ1) is 10.7. The summed E-state index contributed by atoms with van der Waals surface area (Å²) in [5, 5.41) is 8.68. The van der Waals surface area contributed by atoms with Crippen LogP contribution in [0.25, 0.3) is 0 Å². The van der Waals surface area contributed by atoms with Gasteiger partial charge < -0.3 is 5.11 Å². The molecule has 3 nitrogen and oxygen atoms in total. The van der Waals surface area contributed by atoms with E-state index >= 15 is 0 Å². The number of carbonyl (C=O) groups is 1. The first-order valence-electron chi connectivity index (χ1n) is 4.84. The molecule has 0 aliphatic heterocycles. The summed E-state index contributed by atoms with van der Waals surface area (Å²) in [6, 6.07) is 3.40. The van der Waals surface area contributed by atoms with Gasteiger partial charge in [0.05, 0.1) is 5.56 Å². The van der Waals surface area contributed by atoms with Crippen LogP contribution in [0.1, 0.15) is 48.7 Å². The Balaban J connectivity index is 2.77. The number of carboxylic acid groups (broad SMARTS) is 1. The van der Waals surface area contributed by atoms with E-state index in [-0.39, 0.29) is 5.56 Å². The van der Waals surface area contributed by atoms with Crippen LogP contribution in [0.15, 0.2) is 18.3 Å². The van der Waals surface area contributed by atoms with Crippen LogP contribution in [0.2, 0.25) is 0 Å². The zero-order valence-corrected chi connectivity index (χ0v) is 8.53. The lowest BCUT2D eigenvalue weighted by Crippen LogP contribution is -2.01. The molecule has 0 spiro atoms. The summed E-state index contributed by atoms with van der Waals surface area (Å²) >= 11 is 0. The van der Waals surface area contributed by atoms with Crippen LogP contribution in [-0.2, 0) is 0 Å². The van der Waals surface area contributed by atoms with Crippen molar-refractivity contribution < 1.29 is 9.90 Å². The number of nitrogens with zero attached hydrogens (tertiary/aromatic N) is 1. The molecule has 1 N–H and O–H groups in total. The minimum absolute atomic E-state index is 0.248. The first-order chi connectivity index (χ1) is 6.65. The summed E-state index contributed by atoms with van der Waals surface area (Å²) in [7, 11) is 0. The van der Waals surface area contributed by atoms with Gasteiger partial charge >= 0.3 is 5.97 Å². The Morgan fingerprint density at radius 3 is 2.71 bits per heavy atom. The Morgan fingerprint density at radius 2 is 2.29 bits per heavy atom. The van der Waals surface area contributed by atoms with E-state index in [1.165, 1.54) is 6.20 Å². The maximum absolute atomic E-state index is 10.6. The van der Waals surface area contributed by atoms with Gasteiger partial charge in [-0.1, -0.05) is 20.3 Å². The van der Waals surface area contributed by atoms with Crippen molar-refractivity contribution in [3.05, 3.63) is 29.6 Å². The fraction of sp³-hybridized carbons (Fsp3) is 0.455. The molecular formula is C11H15NO2. The van der Waals surface area contributed by atoms with E-state index in [1.807, 2.05) is 0 Å². The molecular weight excluding hydrogens is 178 g/mol. The van der Waals surface area contributed by atoms with Gasteiger partial charge in [0.25, 0.3) is 0 Å². The van der Waals surface area contributed by atoms with Crippen LogP contribution in [0.5, 0.6) is 0 Å². The average Bonchev–Trinajstić information content (AvgIpc) is 2.18. The maximum atomic E-state index is 10.6. The number of hydrogen-bond donors (Lipinski definition) is 1. The second-order valence-electron chi connectivity index (χ2n) is 3.47. The fourth-order valence-electron chi connectivity index (χ4n) is 1.40. The van der Waals surface area contributed by atoms with Crippen molar-refractivity contribution in [2.75, 3.05) is 0 Å². The van der Waals surface area contributed by atoms with Crippen molar-refractivity contribution >= 4 is 5.97 Å². The molecule has 0 amide bonds. The normalized spacial score (nSPS) is 12.4. The van der Waals surface area contributed by atoms with E-state index in [2.05, 4.69) is 18.8 Å². The second-order valence-corrected chi connectivity index (χ2v) is 3.47. The number of aromatic nitrogens is 1. The third-order valence-corrected chi connectivity index (χ3v) is 2.26. The van der Waals surface area contributed by atoms with E-state index in [9.17, 15) is 4.79 Å². The zero-order chi connectivity index (χ0) is 10.6. The largest absolute Gasteiger partial charge is 0.478 e. The fourth-order valence-corrected chi connectivity index (χ4v) is 1.40. The van der Waals surface area contributed by atoms with Crippen molar-refractivity contribution in [2.45, 2.75) is 32.6 Å². The van der Waals surface area contributed by atoms with E-state index in [0.717, 1.165) is 18.5 Å². The van der Waals surface area contributed by atoms with E-state index in [0.29, 0.717) is 5.92 Å². The molecule has 1 heterocycles. The minimum Gasteiger partial charge on any atom is -0.478 e. The second kappa shape index (κ2) is 4.74. The number of hydrogen-bond acceptors (Lipinski definition) is 2. The lowest BCUT2D eigenvalue weighted by molar-refractivity contribution is 0.0696. The Hall–Kier alpha value is -1.38. The summed E-state index contributed by atoms with van der Waals surface area (Å²) in [5.74, 6) is -0.518. The van der Waals surface area contributed by atoms with Gasteiger partial charge in [0, 0.05) is 11.9 Å². The molecule has 1 atom stereocenters. The zero-order valence-electron chi connectivity index (χ0n) is 8.53. The molecule has 0 radical (unpaired) electrons. The van der Waals surface area contributed by atoms with Crippen LogP contribution in [0, 0.1) is 0 Å². The summed E-state index contributed by atoms with van der Waals surface area (Å²) in [4.78, 5) is 14.7. The Labute approximate surface area is 83.8 Å². The van der Waals surface area contributed by atoms with Gasteiger partial charge in [-0.3, -0.25) is 4.98 Å². The predicted octanol–water partition coefficient (Wildman–Crippen LogP) is 2.68. The molecule has 0 fully saturated rings. The quantitative estimate of drug-likeness (QED) is 0.799. The number of rotatable bonds is 4. The molecule has 0 aliphatic rings. The van der Waals surface area contributed by atoms with E-state index in [1.54, 1.807) is 12.1 Å². The molecule has 1 rings (SSSR count). The molecule has 1 aromatic heterocycles. The van der Waals surface area contributed by atoms with Crippen LogP contribution >= 0.6 is 0 Å². The highest BCUT2D eigenvalue weighted by Gasteiger charge is 2.07. The van der Waals surface area contributed by atoms with Gasteiger partial charge in [0.2, 0.25) is 0 Å². The van der Waals surface area contributed by atoms with Crippen molar-refractivity contribution in [1.82, 2.24) is 4.98 Å². The van der Waals surface area contributed by atoms with Gasteiger partial charge in [-0.25, -0.2) is 4.79 Å². The molecule has 14 heavy (non-hydrogen) atoms. The highest BCUT2D eigenvalue weighted by atomic mass is 16.4. The average molecular weight is 193 g/mol. The highest BCUT2D eigenvalue weighted by Crippen LogP contribution is 2.18. The van der Waals surface area contributed by atoms with Gasteiger partial charge in [-0.2, -0.15) is 0 Å². The number of pyridine rings is 1. The summed E-state index contributed by atoms with van der Waals surface area (Å²) in [5.41, 5.74) is 1.22. The number of carboxylic acids is 1. The Kier molecular flexibility index (Phi) is 3.63. The lowest BCUT2D eigenvalue weighted by atomic mass is 10.0. The van der Waals surface area contributed by atoms with Gasteiger partial charge in [0.15, 0.2) is 0 Å². The Morgan fingerprint density at radius 1 is 1.57 bits per heavy atom. The molecule has 0 bridgehead atoms. The molecule has 0 aromatic carbocycles. The standard InChI is InChI=1S/C11H15NO2/c1-3-4-8(2)10-6-5-9(7-12-10)11(13)14/h5-8H,3-4H2,1-2H3,(H,13,14). The molecule has 0 saturated heterocycles.